The van der Waals surface area contributed by atoms with Gasteiger partial charge in [-0.25, -0.2) is 13.6 Å². The van der Waals surface area contributed by atoms with Gasteiger partial charge in [-0.15, -0.1) is 0 Å². The van der Waals surface area contributed by atoms with E-state index in [1.165, 1.54) is 0 Å². The van der Waals surface area contributed by atoms with Crippen molar-refractivity contribution in [2.45, 2.75) is 64.6 Å². The van der Waals surface area contributed by atoms with Crippen molar-refractivity contribution in [3.05, 3.63) is 0 Å². The summed E-state index contributed by atoms with van der Waals surface area (Å²) in [5.41, 5.74) is -0.746. The number of hydrogen-bond donors (Lipinski definition) is 1. The maximum atomic E-state index is 13.5. The van der Waals surface area contributed by atoms with Crippen molar-refractivity contribution in [3.8, 4) is 6.07 Å². The third-order valence-corrected chi connectivity index (χ3v) is 3.31. The van der Waals surface area contributed by atoms with E-state index in [0.29, 0.717) is 0 Å². The van der Waals surface area contributed by atoms with E-state index in [-0.39, 0.29) is 5.92 Å². The molecule has 0 aromatic rings. The van der Waals surface area contributed by atoms with Crippen molar-refractivity contribution in [2.24, 2.45) is 5.92 Å². The number of likely N-dealkylation sites (tertiary alicyclic amines) is 1. The number of hydrogen-bond acceptors (Lipinski definition) is 4. The Hall–Kier alpha value is -1.91. The zero-order chi connectivity index (χ0) is 18.0. The first kappa shape index (κ1) is 19.1. The number of nitrogens with zero attached hydrogens (tertiary/aromatic N) is 2. The van der Waals surface area contributed by atoms with E-state index < -0.39 is 48.6 Å². The number of halogens is 2. The van der Waals surface area contributed by atoms with Gasteiger partial charge in [0, 0.05) is 6.42 Å². The second-order valence-corrected chi connectivity index (χ2v) is 7.04. The van der Waals surface area contributed by atoms with Crippen LogP contribution in [0.1, 0.15) is 41.0 Å². The normalized spacial score (nSPS) is 21.7. The number of ether oxygens (including phenoxy) is 1. The molecule has 1 aliphatic heterocycles. The van der Waals surface area contributed by atoms with Crippen molar-refractivity contribution in [3.63, 3.8) is 0 Å². The summed E-state index contributed by atoms with van der Waals surface area (Å²) in [5, 5.41) is 11.4. The molecule has 6 nitrogen and oxygen atoms in total. The lowest BCUT2D eigenvalue weighted by molar-refractivity contribution is -0.135. The molecule has 0 aromatic heterocycles. The number of rotatable bonds is 3. The summed E-state index contributed by atoms with van der Waals surface area (Å²) in [4.78, 5) is 25.2. The molecule has 130 valence electrons. The highest BCUT2D eigenvalue weighted by atomic mass is 19.3. The standard InChI is InChI=1S/C15H23F2N3O3/c1-9(2)11(19-13(22)23-14(3,4)5)12(21)20-8-15(16,17)6-10(20)7-18/h9-11H,6,8H2,1-5H3,(H,19,22)/t10-,11-/m0/s1. The summed E-state index contributed by atoms with van der Waals surface area (Å²) >= 11 is 0. The average molecular weight is 331 g/mol. The molecule has 0 aromatic carbocycles. The van der Waals surface area contributed by atoms with Gasteiger partial charge in [-0.2, -0.15) is 5.26 Å². The van der Waals surface area contributed by atoms with E-state index in [1.807, 2.05) is 0 Å². The van der Waals surface area contributed by atoms with Crippen LogP contribution < -0.4 is 5.32 Å². The van der Waals surface area contributed by atoms with Gasteiger partial charge >= 0.3 is 6.09 Å². The lowest BCUT2D eigenvalue weighted by Gasteiger charge is -2.29. The molecule has 0 radical (unpaired) electrons. The molecular weight excluding hydrogens is 308 g/mol. The highest BCUT2D eigenvalue weighted by molar-refractivity contribution is 5.86. The molecule has 0 bridgehead atoms. The van der Waals surface area contributed by atoms with Crippen LogP contribution in [0.5, 0.6) is 0 Å². The third kappa shape index (κ3) is 5.34. The molecule has 0 saturated carbocycles. The van der Waals surface area contributed by atoms with Crippen LogP contribution in [-0.2, 0) is 9.53 Å². The Morgan fingerprint density at radius 3 is 2.39 bits per heavy atom. The number of nitriles is 1. The predicted octanol–water partition coefficient (Wildman–Crippen LogP) is 2.30. The fourth-order valence-corrected chi connectivity index (χ4v) is 2.29. The van der Waals surface area contributed by atoms with E-state index in [1.54, 1.807) is 40.7 Å². The fourth-order valence-electron chi connectivity index (χ4n) is 2.29. The van der Waals surface area contributed by atoms with Crippen molar-refractivity contribution in [1.82, 2.24) is 10.2 Å². The van der Waals surface area contributed by atoms with E-state index in [9.17, 15) is 18.4 Å². The van der Waals surface area contributed by atoms with E-state index in [2.05, 4.69) is 5.32 Å². The van der Waals surface area contributed by atoms with E-state index in [4.69, 9.17) is 10.00 Å². The predicted molar refractivity (Wildman–Crippen MR) is 78.7 cm³/mol. The van der Waals surface area contributed by atoms with Crippen LogP contribution in [0.3, 0.4) is 0 Å². The number of alkyl carbamates (subject to hydrolysis) is 1. The van der Waals surface area contributed by atoms with Gasteiger partial charge in [-0.3, -0.25) is 4.79 Å². The molecule has 23 heavy (non-hydrogen) atoms. The first-order chi connectivity index (χ1) is 10.4. The fraction of sp³-hybridized carbons (Fsp3) is 0.800. The number of alkyl halides is 2. The highest BCUT2D eigenvalue weighted by Crippen LogP contribution is 2.32. The number of nitrogens with one attached hydrogen (secondary N) is 1. The van der Waals surface area contributed by atoms with Gasteiger partial charge in [0.05, 0.1) is 12.6 Å². The molecule has 1 saturated heterocycles. The first-order valence-corrected chi connectivity index (χ1v) is 7.44. The zero-order valence-electron chi connectivity index (χ0n) is 14.0. The lowest BCUT2D eigenvalue weighted by atomic mass is 10.0. The van der Waals surface area contributed by atoms with Gasteiger partial charge in [-0.1, -0.05) is 13.8 Å². The molecular formula is C15H23F2N3O3. The van der Waals surface area contributed by atoms with Gasteiger partial charge in [0.1, 0.15) is 17.7 Å². The molecule has 2 atom stereocenters. The summed E-state index contributed by atoms with van der Waals surface area (Å²) in [6, 6.07) is -0.511. The minimum absolute atomic E-state index is 0.344. The van der Waals surface area contributed by atoms with Gasteiger partial charge in [0.25, 0.3) is 5.92 Å². The Bertz CT molecular complexity index is 509. The van der Waals surface area contributed by atoms with Crippen molar-refractivity contribution >= 4 is 12.0 Å². The SMILES string of the molecule is CC(C)[C@H](NC(=O)OC(C)(C)C)C(=O)N1CC(F)(F)C[C@H]1C#N. The van der Waals surface area contributed by atoms with Gasteiger partial charge in [0.2, 0.25) is 5.91 Å². The molecule has 0 unspecified atom stereocenters. The number of carbonyl (C=O) groups is 2. The maximum absolute atomic E-state index is 13.5. The Morgan fingerprint density at radius 1 is 1.39 bits per heavy atom. The smallest absolute Gasteiger partial charge is 0.408 e. The third-order valence-electron chi connectivity index (χ3n) is 3.31. The maximum Gasteiger partial charge on any atom is 0.408 e. The Balaban J connectivity index is 2.87. The molecule has 0 aliphatic carbocycles. The highest BCUT2D eigenvalue weighted by Gasteiger charge is 2.49. The zero-order valence-corrected chi connectivity index (χ0v) is 14.0. The topological polar surface area (TPSA) is 82.4 Å². The van der Waals surface area contributed by atoms with Crippen molar-refractivity contribution in [1.29, 1.82) is 5.26 Å². The average Bonchev–Trinajstić information content (AvgIpc) is 2.68. The van der Waals surface area contributed by atoms with Crippen LogP contribution in [-0.4, -0.2) is 47.1 Å². The number of carbonyl (C=O) groups excluding carboxylic acids is 2. The number of amides is 2. The van der Waals surface area contributed by atoms with Crippen LogP contribution in [0.4, 0.5) is 13.6 Å². The van der Waals surface area contributed by atoms with Crippen molar-refractivity contribution in [2.75, 3.05) is 6.54 Å². The molecule has 2 amide bonds. The molecule has 1 heterocycles. The summed E-state index contributed by atoms with van der Waals surface area (Å²) in [5.74, 6) is -4.14. The molecule has 1 N–H and O–H groups in total. The first-order valence-electron chi connectivity index (χ1n) is 7.44. The minimum atomic E-state index is -3.09. The van der Waals surface area contributed by atoms with Crippen molar-refractivity contribution < 1.29 is 23.1 Å². The molecule has 1 fully saturated rings. The Labute approximate surface area is 134 Å². The summed E-state index contributed by atoms with van der Waals surface area (Å²) < 4.78 is 32.1. The largest absolute Gasteiger partial charge is 0.444 e. The Kier molecular flexibility index (Phi) is 5.56. The molecule has 8 heteroatoms. The molecule has 1 aliphatic rings. The summed E-state index contributed by atoms with van der Waals surface area (Å²) in [6.07, 6.45) is -1.49. The van der Waals surface area contributed by atoms with E-state index in [0.717, 1.165) is 4.90 Å². The minimum Gasteiger partial charge on any atom is -0.444 e. The quantitative estimate of drug-likeness (QED) is 0.860. The van der Waals surface area contributed by atoms with E-state index >= 15 is 0 Å². The van der Waals surface area contributed by atoms with Gasteiger partial charge in [0.15, 0.2) is 0 Å². The second-order valence-electron chi connectivity index (χ2n) is 7.04. The summed E-state index contributed by atoms with van der Waals surface area (Å²) in [7, 11) is 0. The summed E-state index contributed by atoms with van der Waals surface area (Å²) in [6.45, 7) is 7.55. The second kappa shape index (κ2) is 6.69. The van der Waals surface area contributed by atoms with Crippen LogP contribution in [0.15, 0.2) is 0 Å². The lowest BCUT2D eigenvalue weighted by Crippen LogP contribution is -2.53. The van der Waals surface area contributed by atoms with Crippen LogP contribution in [0, 0.1) is 17.2 Å². The monoisotopic (exact) mass is 331 g/mol. The van der Waals surface area contributed by atoms with Crippen LogP contribution >= 0.6 is 0 Å². The van der Waals surface area contributed by atoms with Crippen LogP contribution in [0.2, 0.25) is 0 Å². The molecule has 1 rings (SSSR count). The Morgan fingerprint density at radius 2 is 1.96 bits per heavy atom. The van der Waals surface area contributed by atoms with Gasteiger partial charge < -0.3 is 15.0 Å². The van der Waals surface area contributed by atoms with Crippen LogP contribution in [0.25, 0.3) is 0 Å². The van der Waals surface area contributed by atoms with Gasteiger partial charge in [-0.05, 0) is 26.7 Å². The molecule has 0 spiro atoms.